The molecule has 0 radical (unpaired) electrons. The van der Waals surface area contributed by atoms with Crippen molar-refractivity contribution in [2.75, 3.05) is 0 Å². The molecule has 0 amide bonds. The highest BCUT2D eigenvalue weighted by atomic mass is 32.1. The van der Waals surface area contributed by atoms with Crippen molar-refractivity contribution in [1.82, 2.24) is 15.0 Å². The summed E-state index contributed by atoms with van der Waals surface area (Å²) >= 11 is 1.77. The average Bonchev–Trinajstić information content (AvgIpc) is 2.99. The average molecular weight is 313 g/mol. The zero-order valence-corrected chi connectivity index (χ0v) is 12.9. The van der Waals surface area contributed by atoms with E-state index in [9.17, 15) is 0 Å². The quantitative estimate of drug-likeness (QED) is 0.434. The Morgan fingerprint density at radius 2 is 1.70 bits per heavy atom. The SMILES string of the molecule is c1cnc2nc(-c3cc4c(cn3)sc3ccccc34)ccc2c1. The molecule has 3 nitrogen and oxygen atoms in total. The Hall–Kier alpha value is -2.85. The summed E-state index contributed by atoms with van der Waals surface area (Å²) in [6.07, 6.45) is 3.71. The molecule has 0 saturated carbocycles. The second-order valence-electron chi connectivity index (χ2n) is 5.41. The van der Waals surface area contributed by atoms with Gasteiger partial charge >= 0.3 is 0 Å². The molecule has 5 rings (SSSR count). The normalized spacial score (nSPS) is 11.5. The molecule has 0 saturated heterocycles. The van der Waals surface area contributed by atoms with Crippen LogP contribution < -0.4 is 0 Å². The third kappa shape index (κ3) is 1.99. The van der Waals surface area contributed by atoms with Crippen LogP contribution in [0.4, 0.5) is 0 Å². The summed E-state index contributed by atoms with van der Waals surface area (Å²) in [7, 11) is 0. The smallest absolute Gasteiger partial charge is 0.159 e. The Bertz CT molecular complexity index is 1180. The van der Waals surface area contributed by atoms with Gasteiger partial charge in [-0.05, 0) is 36.4 Å². The van der Waals surface area contributed by atoms with Crippen LogP contribution >= 0.6 is 11.3 Å². The summed E-state index contributed by atoms with van der Waals surface area (Å²) in [5, 5.41) is 3.55. The number of benzene rings is 1. The molecule has 0 unspecified atom stereocenters. The predicted octanol–water partition coefficient (Wildman–Crippen LogP) is 5.06. The number of fused-ring (bicyclic) bond motifs is 4. The first-order valence-corrected chi connectivity index (χ1v) is 8.19. The van der Waals surface area contributed by atoms with Gasteiger partial charge in [0, 0.05) is 33.3 Å². The van der Waals surface area contributed by atoms with Crippen molar-refractivity contribution in [3.63, 3.8) is 0 Å². The van der Waals surface area contributed by atoms with Crippen LogP contribution in [0.1, 0.15) is 0 Å². The van der Waals surface area contributed by atoms with E-state index in [-0.39, 0.29) is 0 Å². The van der Waals surface area contributed by atoms with Crippen LogP contribution in [0.2, 0.25) is 0 Å². The zero-order valence-electron chi connectivity index (χ0n) is 12.1. The van der Waals surface area contributed by atoms with Gasteiger partial charge in [-0.15, -0.1) is 11.3 Å². The maximum atomic E-state index is 4.65. The number of aromatic nitrogens is 3. The van der Waals surface area contributed by atoms with Gasteiger partial charge in [0.25, 0.3) is 0 Å². The minimum atomic E-state index is 0.752. The number of nitrogens with zero attached hydrogens (tertiary/aromatic N) is 3. The van der Waals surface area contributed by atoms with Crippen LogP contribution in [0.15, 0.2) is 67.0 Å². The van der Waals surface area contributed by atoms with E-state index < -0.39 is 0 Å². The number of hydrogen-bond acceptors (Lipinski definition) is 4. The van der Waals surface area contributed by atoms with Gasteiger partial charge in [-0.25, -0.2) is 9.97 Å². The van der Waals surface area contributed by atoms with E-state index in [4.69, 9.17) is 0 Å². The summed E-state index contributed by atoms with van der Waals surface area (Å²) < 4.78 is 2.49. The van der Waals surface area contributed by atoms with E-state index in [0.717, 1.165) is 22.4 Å². The molecule has 23 heavy (non-hydrogen) atoms. The Kier molecular flexibility index (Phi) is 2.66. The summed E-state index contributed by atoms with van der Waals surface area (Å²) in [5.74, 6) is 0. The van der Waals surface area contributed by atoms with Gasteiger partial charge < -0.3 is 0 Å². The van der Waals surface area contributed by atoms with Crippen molar-refractivity contribution in [2.24, 2.45) is 0 Å². The molecular formula is C19H11N3S. The van der Waals surface area contributed by atoms with Crippen molar-refractivity contribution in [3.8, 4) is 11.4 Å². The lowest BCUT2D eigenvalue weighted by molar-refractivity contribution is 1.25. The van der Waals surface area contributed by atoms with E-state index in [1.807, 2.05) is 30.5 Å². The van der Waals surface area contributed by atoms with Gasteiger partial charge in [0.1, 0.15) is 0 Å². The van der Waals surface area contributed by atoms with E-state index in [1.165, 1.54) is 20.2 Å². The molecule has 4 heteroatoms. The van der Waals surface area contributed by atoms with Crippen LogP contribution in [0.25, 0.3) is 42.6 Å². The van der Waals surface area contributed by atoms with Gasteiger partial charge in [-0.1, -0.05) is 18.2 Å². The fourth-order valence-electron chi connectivity index (χ4n) is 2.87. The lowest BCUT2D eigenvalue weighted by Crippen LogP contribution is -1.89. The Morgan fingerprint density at radius 1 is 0.739 bits per heavy atom. The highest BCUT2D eigenvalue weighted by Gasteiger charge is 2.09. The second-order valence-corrected chi connectivity index (χ2v) is 6.49. The van der Waals surface area contributed by atoms with Crippen LogP contribution in [-0.2, 0) is 0 Å². The number of hydrogen-bond donors (Lipinski definition) is 0. The lowest BCUT2D eigenvalue weighted by Gasteiger charge is -2.02. The maximum absolute atomic E-state index is 4.65. The maximum Gasteiger partial charge on any atom is 0.159 e. The van der Waals surface area contributed by atoms with Crippen molar-refractivity contribution in [2.45, 2.75) is 0 Å². The van der Waals surface area contributed by atoms with E-state index in [1.54, 1.807) is 17.5 Å². The summed E-state index contributed by atoms with van der Waals surface area (Å²) in [5.41, 5.74) is 2.49. The molecule has 5 aromatic rings. The van der Waals surface area contributed by atoms with Gasteiger partial charge in [0.05, 0.1) is 16.1 Å². The molecule has 0 N–H and O–H groups in total. The van der Waals surface area contributed by atoms with Crippen molar-refractivity contribution in [1.29, 1.82) is 0 Å². The van der Waals surface area contributed by atoms with Gasteiger partial charge in [0.15, 0.2) is 5.65 Å². The number of pyridine rings is 3. The molecule has 0 spiro atoms. The molecule has 0 aliphatic rings. The molecule has 0 aliphatic heterocycles. The largest absolute Gasteiger partial charge is 0.253 e. The predicted molar refractivity (Wildman–Crippen MR) is 95.7 cm³/mol. The molecule has 0 aliphatic carbocycles. The molecule has 108 valence electrons. The fraction of sp³-hybridized carbons (Fsp3) is 0. The van der Waals surface area contributed by atoms with Gasteiger partial charge in [-0.3, -0.25) is 4.98 Å². The topological polar surface area (TPSA) is 38.7 Å². The van der Waals surface area contributed by atoms with Crippen LogP contribution in [0.5, 0.6) is 0 Å². The Morgan fingerprint density at radius 3 is 2.70 bits per heavy atom. The standard InChI is InChI=1S/C19H11N3S/c1-2-6-17-13(5-1)14-10-16(21-11-18(14)23-17)15-8-7-12-4-3-9-20-19(12)22-15/h1-11H. The molecular weight excluding hydrogens is 302 g/mol. The summed E-state index contributed by atoms with van der Waals surface area (Å²) in [6.45, 7) is 0. The van der Waals surface area contributed by atoms with Crippen LogP contribution in [-0.4, -0.2) is 15.0 Å². The van der Waals surface area contributed by atoms with E-state index in [2.05, 4.69) is 45.3 Å². The lowest BCUT2D eigenvalue weighted by atomic mass is 10.1. The summed E-state index contributed by atoms with van der Waals surface area (Å²) in [4.78, 5) is 13.6. The van der Waals surface area contributed by atoms with E-state index in [0.29, 0.717) is 0 Å². The Labute approximate surface area is 136 Å². The molecule has 4 heterocycles. The second kappa shape index (κ2) is 4.83. The van der Waals surface area contributed by atoms with Gasteiger partial charge in [-0.2, -0.15) is 0 Å². The van der Waals surface area contributed by atoms with E-state index >= 15 is 0 Å². The number of thiophene rings is 1. The molecule has 4 aromatic heterocycles. The van der Waals surface area contributed by atoms with Crippen LogP contribution in [0, 0.1) is 0 Å². The summed E-state index contributed by atoms with van der Waals surface area (Å²) in [6, 6.07) is 18.6. The monoisotopic (exact) mass is 313 g/mol. The van der Waals surface area contributed by atoms with Gasteiger partial charge in [0.2, 0.25) is 0 Å². The zero-order chi connectivity index (χ0) is 15.2. The van der Waals surface area contributed by atoms with Crippen molar-refractivity contribution < 1.29 is 0 Å². The molecule has 0 fully saturated rings. The molecule has 0 atom stereocenters. The fourth-order valence-corrected chi connectivity index (χ4v) is 3.92. The minimum Gasteiger partial charge on any atom is -0.253 e. The third-order valence-corrected chi connectivity index (χ3v) is 5.11. The first-order chi connectivity index (χ1) is 11.4. The number of rotatable bonds is 1. The van der Waals surface area contributed by atoms with Crippen LogP contribution in [0.3, 0.4) is 0 Å². The first-order valence-electron chi connectivity index (χ1n) is 7.38. The highest BCUT2D eigenvalue weighted by Crippen LogP contribution is 2.34. The molecule has 1 aromatic carbocycles. The van der Waals surface area contributed by atoms with Crippen molar-refractivity contribution in [3.05, 3.63) is 67.0 Å². The third-order valence-electron chi connectivity index (χ3n) is 3.99. The van der Waals surface area contributed by atoms with Crippen molar-refractivity contribution >= 4 is 42.5 Å². The minimum absolute atomic E-state index is 0.752. The Balaban J connectivity index is 1.76. The highest BCUT2D eigenvalue weighted by molar-refractivity contribution is 7.25. The first kappa shape index (κ1) is 12.7. The molecule has 0 bridgehead atoms.